The lowest BCUT2D eigenvalue weighted by Crippen LogP contribution is -2.47. The maximum absolute atomic E-state index is 13.2. The molecule has 35 heavy (non-hydrogen) atoms. The van der Waals surface area contributed by atoms with Gasteiger partial charge in [-0.1, -0.05) is 12.1 Å². The molecule has 188 valence electrons. The van der Waals surface area contributed by atoms with E-state index in [0.717, 1.165) is 54.9 Å². The van der Waals surface area contributed by atoms with E-state index in [-0.39, 0.29) is 17.1 Å². The first-order chi connectivity index (χ1) is 17.0. The lowest BCUT2D eigenvalue weighted by Gasteiger charge is -2.36. The summed E-state index contributed by atoms with van der Waals surface area (Å²) in [5.41, 5.74) is 1.33. The van der Waals surface area contributed by atoms with E-state index in [1.807, 2.05) is 18.2 Å². The Morgan fingerprint density at radius 1 is 0.971 bits per heavy atom. The highest BCUT2D eigenvalue weighted by Gasteiger charge is 2.38. The molecule has 0 spiro atoms. The quantitative estimate of drug-likeness (QED) is 0.577. The van der Waals surface area contributed by atoms with E-state index < -0.39 is 16.1 Å². The van der Waals surface area contributed by atoms with Gasteiger partial charge in [0.05, 0.1) is 18.5 Å². The Labute approximate surface area is 205 Å². The maximum atomic E-state index is 13.2. The summed E-state index contributed by atoms with van der Waals surface area (Å²) in [6.07, 6.45) is 1.38. The van der Waals surface area contributed by atoms with E-state index in [1.54, 1.807) is 7.11 Å². The molecular weight excluding hydrogens is 472 g/mol. The molecule has 3 heterocycles. The van der Waals surface area contributed by atoms with Crippen LogP contribution in [0.1, 0.15) is 12.8 Å². The normalized spacial score (nSPS) is 19.2. The molecule has 0 aliphatic carbocycles. The zero-order chi connectivity index (χ0) is 24.4. The van der Waals surface area contributed by atoms with Crippen LogP contribution < -0.4 is 24.4 Å². The van der Waals surface area contributed by atoms with E-state index in [9.17, 15) is 13.2 Å². The fourth-order valence-corrected chi connectivity index (χ4v) is 6.22. The van der Waals surface area contributed by atoms with Crippen molar-refractivity contribution in [1.29, 1.82) is 0 Å². The third-order valence-corrected chi connectivity index (χ3v) is 8.39. The van der Waals surface area contributed by atoms with Gasteiger partial charge in [0.15, 0.2) is 11.5 Å². The Hall–Kier alpha value is -3.18. The number of methoxy groups -OCH3 is 1. The van der Waals surface area contributed by atoms with Crippen molar-refractivity contribution in [3.63, 3.8) is 0 Å². The number of piperazine rings is 1. The number of nitrogens with one attached hydrogen (secondary N) is 1. The number of carbonyl (C=O) groups is 1. The van der Waals surface area contributed by atoms with Crippen molar-refractivity contribution >= 4 is 27.4 Å². The van der Waals surface area contributed by atoms with Gasteiger partial charge in [-0.05, 0) is 31.5 Å². The molecule has 11 heteroatoms. The smallest absolute Gasteiger partial charge is 0.335 e. The predicted molar refractivity (Wildman–Crippen MR) is 131 cm³/mol. The van der Waals surface area contributed by atoms with Crippen LogP contribution in [-0.2, 0) is 10.0 Å². The van der Waals surface area contributed by atoms with Crippen molar-refractivity contribution in [2.75, 3.05) is 69.8 Å². The predicted octanol–water partition coefficient (Wildman–Crippen LogP) is 2.61. The van der Waals surface area contributed by atoms with Crippen LogP contribution in [0.3, 0.4) is 0 Å². The van der Waals surface area contributed by atoms with Crippen molar-refractivity contribution < 1.29 is 27.4 Å². The average molecular weight is 503 g/mol. The van der Waals surface area contributed by atoms with Crippen molar-refractivity contribution in [1.82, 2.24) is 9.21 Å². The molecular formula is C24H30N4O6S. The Morgan fingerprint density at radius 2 is 1.66 bits per heavy atom. The number of rotatable bonds is 7. The second kappa shape index (κ2) is 9.82. The van der Waals surface area contributed by atoms with E-state index in [4.69, 9.17) is 14.2 Å². The van der Waals surface area contributed by atoms with E-state index in [1.165, 1.54) is 12.1 Å². The highest BCUT2D eigenvalue weighted by Crippen LogP contribution is 2.40. The third-order valence-electron chi connectivity index (χ3n) is 6.56. The molecule has 1 saturated heterocycles. The number of ether oxygens (including phenoxy) is 3. The van der Waals surface area contributed by atoms with Gasteiger partial charge < -0.3 is 24.4 Å². The number of para-hydroxylation sites is 2. The molecule has 1 N–H and O–H groups in total. The van der Waals surface area contributed by atoms with Gasteiger partial charge in [-0.2, -0.15) is 0 Å². The van der Waals surface area contributed by atoms with Crippen molar-refractivity contribution in [3.05, 3.63) is 36.4 Å². The van der Waals surface area contributed by atoms with Gasteiger partial charge in [-0.15, -0.1) is 0 Å². The highest BCUT2D eigenvalue weighted by molar-refractivity contribution is 7.90. The summed E-state index contributed by atoms with van der Waals surface area (Å²) in [6, 6.07) is 10.3. The average Bonchev–Trinajstić information content (AvgIpc) is 2.87. The summed E-state index contributed by atoms with van der Waals surface area (Å²) < 4.78 is 43.8. The van der Waals surface area contributed by atoms with Gasteiger partial charge in [0.1, 0.15) is 23.9 Å². The second-order valence-corrected chi connectivity index (χ2v) is 10.5. The van der Waals surface area contributed by atoms with Crippen LogP contribution in [0, 0.1) is 0 Å². The molecule has 3 aliphatic rings. The molecule has 0 saturated carbocycles. The SMILES string of the molecule is COc1ccccc1N1CCN(CCCCN2C(=O)Nc3cc4c(cc3S2(=O)=O)OCCO4)CC1. The summed E-state index contributed by atoms with van der Waals surface area (Å²) in [5.74, 6) is 1.69. The van der Waals surface area contributed by atoms with Crippen molar-refractivity contribution in [3.8, 4) is 17.2 Å². The molecule has 0 unspecified atom stereocenters. The lowest BCUT2D eigenvalue weighted by atomic mass is 10.2. The lowest BCUT2D eigenvalue weighted by molar-refractivity contribution is 0.171. The van der Waals surface area contributed by atoms with Crippen LogP contribution in [0.4, 0.5) is 16.2 Å². The van der Waals surface area contributed by atoms with Crippen molar-refractivity contribution in [2.45, 2.75) is 17.7 Å². The minimum Gasteiger partial charge on any atom is -0.495 e. The standard InChI is InChI=1S/C24H30N4O6S/c1-32-20-7-3-2-6-19(20)27-12-10-26(11-13-27)8-4-5-9-28-24(29)25-18-16-21-22(34-15-14-33-21)17-23(18)35(28,30)31/h2-3,6-7,16-17H,4-5,8-15H2,1H3,(H,25,29). The van der Waals surface area contributed by atoms with E-state index in [0.29, 0.717) is 31.1 Å². The second-order valence-electron chi connectivity index (χ2n) is 8.71. The molecule has 5 rings (SSSR count). The molecule has 0 atom stereocenters. The first-order valence-electron chi connectivity index (χ1n) is 11.8. The summed E-state index contributed by atoms with van der Waals surface area (Å²) in [7, 11) is -2.27. The first kappa shape index (κ1) is 23.6. The number of carbonyl (C=O) groups excluding carboxylic acids is 1. The zero-order valence-electron chi connectivity index (χ0n) is 19.7. The fraction of sp³-hybridized carbons (Fsp3) is 0.458. The summed E-state index contributed by atoms with van der Waals surface area (Å²) in [4.78, 5) is 17.3. The van der Waals surface area contributed by atoms with Gasteiger partial charge in [0, 0.05) is 44.9 Å². The van der Waals surface area contributed by atoms with Crippen molar-refractivity contribution in [2.24, 2.45) is 0 Å². The van der Waals surface area contributed by atoms with Crippen LogP contribution >= 0.6 is 0 Å². The van der Waals surface area contributed by atoms with Gasteiger partial charge in [-0.3, -0.25) is 4.90 Å². The molecule has 3 aliphatic heterocycles. The Kier molecular flexibility index (Phi) is 6.61. The molecule has 10 nitrogen and oxygen atoms in total. The minimum absolute atomic E-state index is 0.0359. The largest absolute Gasteiger partial charge is 0.495 e. The Balaban J connectivity index is 1.14. The van der Waals surface area contributed by atoms with Crippen LogP contribution in [0.25, 0.3) is 0 Å². The Bertz CT molecular complexity index is 1200. The molecule has 0 radical (unpaired) electrons. The molecule has 2 amide bonds. The number of amides is 2. The van der Waals surface area contributed by atoms with Gasteiger partial charge in [0.25, 0.3) is 10.0 Å². The summed E-state index contributed by atoms with van der Waals surface area (Å²) in [5, 5.41) is 2.68. The van der Waals surface area contributed by atoms with Crippen LogP contribution in [-0.4, -0.2) is 83.2 Å². The molecule has 2 aromatic rings. The number of nitrogens with zero attached hydrogens (tertiary/aromatic N) is 3. The number of sulfonamides is 1. The third kappa shape index (κ3) is 4.70. The minimum atomic E-state index is -3.96. The molecule has 2 aromatic carbocycles. The molecule has 0 aromatic heterocycles. The summed E-state index contributed by atoms with van der Waals surface area (Å²) >= 11 is 0. The topological polar surface area (TPSA) is 101 Å². The van der Waals surface area contributed by atoms with Crippen LogP contribution in [0.5, 0.6) is 17.2 Å². The zero-order valence-corrected chi connectivity index (χ0v) is 20.6. The Morgan fingerprint density at radius 3 is 2.40 bits per heavy atom. The number of unbranched alkanes of at least 4 members (excludes halogenated alkanes) is 1. The number of hydrogen-bond donors (Lipinski definition) is 1. The molecule has 1 fully saturated rings. The van der Waals surface area contributed by atoms with Crippen LogP contribution in [0.15, 0.2) is 41.3 Å². The number of fused-ring (bicyclic) bond motifs is 2. The maximum Gasteiger partial charge on any atom is 0.335 e. The van der Waals surface area contributed by atoms with Gasteiger partial charge in [0.2, 0.25) is 0 Å². The molecule has 0 bridgehead atoms. The number of benzene rings is 2. The first-order valence-corrected chi connectivity index (χ1v) is 13.3. The van der Waals surface area contributed by atoms with Crippen LogP contribution in [0.2, 0.25) is 0 Å². The van der Waals surface area contributed by atoms with E-state index in [2.05, 4.69) is 21.2 Å². The van der Waals surface area contributed by atoms with Gasteiger partial charge in [-0.25, -0.2) is 17.5 Å². The number of hydrogen-bond acceptors (Lipinski definition) is 8. The number of urea groups is 1. The monoisotopic (exact) mass is 502 g/mol. The van der Waals surface area contributed by atoms with E-state index >= 15 is 0 Å². The fourth-order valence-electron chi connectivity index (χ4n) is 4.70. The highest BCUT2D eigenvalue weighted by atomic mass is 32.2. The summed E-state index contributed by atoms with van der Waals surface area (Å²) in [6.45, 7) is 5.35. The number of anilines is 2. The van der Waals surface area contributed by atoms with Gasteiger partial charge >= 0.3 is 6.03 Å².